The second kappa shape index (κ2) is 4.34. The average molecular weight is 226 g/mol. The summed E-state index contributed by atoms with van der Waals surface area (Å²) in [6, 6.07) is 0. The molecule has 0 radical (unpaired) electrons. The molecule has 2 rings (SSSR count). The molecule has 2 fully saturated rings. The van der Waals surface area contributed by atoms with Crippen LogP contribution in [0, 0.1) is 5.41 Å². The Morgan fingerprint density at radius 2 is 2.06 bits per heavy atom. The minimum atomic E-state index is -0.783. The number of carbonyl (C=O) groups excluding carboxylic acids is 1. The zero-order chi connectivity index (χ0) is 11.6. The summed E-state index contributed by atoms with van der Waals surface area (Å²) in [6.07, 6.45) is 5.62. The molecule has 0 spiro atoms. The molecule has 2 aliphatic rings. The lowest BCUT2D eigenvalue weighted by Gasteiger charge is -2.27. The molecule has 16 heavy (non-hydrogen) atoms. The van der Waals surface area contributed by atoms with Crippen molar-refractivity contribution < 1.29 is 9.53 Å². The lowest BCUT2D eigenvalue weighted by atomic mass is 9.88. The topological polar surface area (TPSA) is 64.4 Å². The Balaban J connectivity index is 1.83. The van der Waals surface area contributed by atoms with E-state index in [0.29, 0.717) is 19.6 Å². The van der Waals surface area contributed by atoms with Crippen molar-refractivity contribution in [2.75, 3.05) is 19.8 Å². The van der Waals surface area contributed by atoms with Crippen molar-refractivity contribution in [1.82, 2.24) is 5.32 Å². The predicted octanol–water partition coefficient (Wildman–Crippen LogP) is 0.801. The molecule has 0 aromatic heterocycles. The molecule has 4 nitrogen and oxygen atoms in total. The molecule has 1 amide bonds. The van der Waals surface area contributed by atoms with Crippen LogP contribution in [0.15, 0.2) is 0 Å². The molecule has 4 heteroatoms. The quantitative estimate of drug-likeness (QED) is 0.748. The van der Waals surface area contributed by atoms with E-state index in [1.165, 1.54) is 25.7 Å². The van der Waals surface area contributed by atoms with Crippen molar-refractivity contribution in [2.45, 2.75) is 44.6 Å². The number of amides is 1. The van der Waals surface area contributed by atoms with Gasteiger partial charge in [0.25, 0.3) is 0 Å². The highest BCUT2D eigenvalue weighted by Gasteiger charge is 2.39. The number of hydrogen-bond donors (Lipinski definition) is 2. The van der Waals surface area contributed by atoms with Crippen LogP contribution in [0.25, 0.3) is 0 Å². The van der Waals surface area contributed by atoms with Crippen LogP contribution in [0.5, 0.6) is 0 Å². The van der Waals surface area contributed by atoms with Crippen LogP contribution in [-0.4, -0.2) is 31.2 Å². The molecule has 1 saturated heterocycles. The van der Waals surface area contributed by atoms with E-state index in [1.807, 2.05) is 0 Å². The smallest absolute Gasteiger partial charge is 0.242 e. The summed E-state index contributed by atoms with van der Waals surface area (Å²) in [6.45, 7) is 3.95. The third-order valence-corrected chi connectivity index (χ3v) is 3.99. The summed E-state index contributed by atoms with van der Waals surface area (Å²) in [4.78, 5) is 11.9. The molecule has 1 atom stereocenters. The van der Waals surface area contributed by atoms with Gasteiger partial charge in [0.2, 0.25) is 5.91 Å². The molecule has 1 unspecified atom stereocenters. The molecule has 1 aliphatic carbocycles. The zero-order valence-electron chi connectivity index (χ0n) is 10.1. The molecule has 1 heterocycles. The highest BCUT2D eigenvalue weighted by molar-refractivity contribution is 5.86. The number of rotatable bonds is 3. The number of ether oxygens (including phenoxy) is 1. The molecule has 0 aromatic rings. The molecule has 0 bridgehead atoms. The maximum absolute atomic E-state index is 11.9. The van der Waals surface area contributed by atoms with Crippen molar-refractivity contribution in [3.8, 4) is 0 Å². The molecule has 3 N–H and O–H groups in total. The molecule has 92 valence electrons. The number of nitrogens with two attached hydrogens (primary N) is 1. The number of nitrogens with one attached hydrogen (secondary N) is 1. The summed E-state index contributed by atoms with van der Waals surface area (Å²) < 4.78 is 5.19. The molecular formula is C12H22N2O2. The van der Waals surface area contributed by atoms with E-state index in [-0.39, 0.29) is 11.3 Å². The highest BCUT2D eigenvalue weighted by atomic mass is 16.5. The Morgan fingerprint density at radius 1 is 1.38 bits per heavy atom. The first-order valence-corrected chi connectivity index (χ1v) is 6.19. The van der Waals surface area contributed by atoms with Gasteiger partial charge in [0.1, 0.15) is 5.54 Å². The van der Waals surface area contributed by atoms with E-state index in [9.17, 15) is 4.79 Å². The van der Waals surface area contributed by atoms with Crippen LogP contribution in [0.2, 0.25) is 0 Å². The van der Waals surface area contributed by atoms with Gasteiger partial charge in [0.05, 0.1) is 6.61 Å². The SMILES string of the molecule is CC1(CNC(=O)C2(N)CCOC2)CCCC1. The average Bonchev–Trinajstić information content (AvgIpc) is 2.86. The Kier molecular flexibility index (Phi) is 3.22. The van der Waals surface area contributed by atoms with Crippen LogP contribution in [-0.2, 0) is 9.53 Å². The Bertz CT molecular complexity index is 266. The van der Waals surface area contributed by atoms with E-state index in [2.05, 4.69) is 12.2 Å². The largest absolute Gasteiger partial charge is 0.379 e. The van der Waals surface area contributed by atoms with Gasteiger partial charge in [-0.25, -0.2) is 0 Å². The van der Waals surface area contributed by atoms with Crippen molar-refractivity contribution in [3.63, 3.8) is 0 Å². The molecule has 0 aromatic carbocycles. The van der Waals surface area contributed by atoms with Gasteiger partial charge >= 0.3 is 0 Å². The molecular weight excluding hydrogens is 204 g/mol. The Hall–Kier alpha value is -0.610. The molecule has 1 saturated carbocycles. The number of carbonyl (C=O) groups is 1. The van der Waals surface area contributed by atoms with Crippen LogP contribution in [0.4, 0.5) is 0 Å². The minimum Gasteiger partial charge on any atom is -0.379 e. The van der Waals surface area contributed by atoms with Crippen molar-refractivity contribution in [2.24, 2.45) is 11.1 Å². The molecule has 1 aliphatic heterocycles. The van der Waals surface area contributed by atoms with E-state index in [0.717, 1.165) is 6.54 Å². The fourth-order valence-corrected chi connectivity index (χ4v) is 2.63. The van der Waals surface area contributed by atoms with Gasteiger partial charge in [-0.05, 0) is 24.7 Å². The lowest BCUT2D eigenvalue weighted by Crippen LogP contribution is -2.55. The van der Waals surface area contributed by atoms with Gasteiger partial charge in [0, 0.05) is 13.2 Å². The van der Waals surface area contributed by atoms with Crippen LogP contribution in [0.1, 0.15) is 39.0 Å². The summed E-state index contributed by atoms with van der Waals surface area (Å²) in [5.41, 5.74) is 5.49. The maximum Gasteiger partial charge on any atom is 0.242 e. The van der Waals surface area contributed by atoms with E-state index < -0.39 is 5.54 Å². The van der Waals surface area contributed by atoms with E-state index in [4.69, 9.17) is 10.5 Å². The first kappa shape index (κ1) is 11.9. The van der Waals surface area contributed by atoms with Crippen LogP contribution >= 0.6 is 0 Å². The van der Waals surface area contributed by atoms with E-state index >= 15 is 0 Å². The zero-order valence-corrected chi connectivity index (χ0v) is 10.1. The highest BCUT2D eigenvalue weighted by Crippen LogP contribution is 2.36. The second-order valence-corrected chi connectivity index (χ2v) is 5.66. The normalized spacial score (nSPS) is 32.9. The third kappa shape index (κ3) is 2.38. The van der Waals surface area contributed by atoms with Crippen molar-refractivity contribution in [3.05, 3.63) is 0 Å². The Morgan fingerprint density at radius 3 is 2.62 bits per heavy atom. The fraction of sp³-hybridized carbons (Fsp3) is 0.917. The van der Waals surface area contributed by atoms with Crippen LogP contribution in [0.3, 0.4) is 0 Å². The summed E-state index contributed by atoms with van der Waals surface area (Å²) in [5, 5.41) is 3.00. The first-order chi connectivity index (χ1) is 7.54. The summed E-state index contributed by atoms with van der Waals surface area (Å²) >= 11 is 0. The summed E-state index contributed by atoms with van der Waals surface area (Å²) in [7, 11) is 0. The van der Waals surface area contributed by atoms with Gasteiger partial charge in [-0.1, -0.05) is 19.8 Å². The number of hydrogen-bond acceptors (Lipinski definition) is 3. The van der Waals surface area contributed by atoms with Crippen molar-refractivity contribution in [1.29, 1.82) is 0 Å². The van der Waals surface area contributed by atoms with Gasteiger partial charge in [-0.15, -0.1) is 0 Å². The van der Waals surface area contributed by atoms with Crippen molar-refractivity contribution >= 4 is 5.91 Å². The standard InChI is InChI=1S/C12H22N2O2/c1-11(4-2-3-5-11)8-14-10(15)12(13)6-7-16-9-12/h2-9,13H2,1H3,(H,14,15). The van der Waals surface area contributed by atoms with Gasteiger partial charge < -0.3 is 15.8 Å². The maximum atomic E-state index is 11.9. The third-order valence-electron chi connectivity index (χ3n) is 3.99. The monoisotopic (exact) mass is 226 g/mol. The lowest BCUT2D eigenvalue weighted by molar-refractivity contribution is -0.126. The predicted molar refractivity (Wildman–Crippen MR) is 61.9 cm³/mol. The van der Waals surface area contributed by atoms with Gasteiger partial charge in [0.15, 0.2) is 0 Å². The Labute approximate surface area is 96.9 Å². The van der Waals surface area contributed by atoms with Gasteiger partial charge in [-0.2, -0.15) is 0 Å². The first-order valence-electron chi connectivity index (χ1n) is 6.19. The van der Waals surface area contributed by atoms with E-state index in [1.54, 1.807) is 0 Å². The fourth-order valence-electron chi connectivity index (χ4n) is 2.63. The minimum absolute atomic E-state index is 0.0434. The van der Waals surface area contributed by atoms with Crippen LogP contribution < -0.4 is 11.1 Å². The summed E-state index contributed by atoms with van der Waals surface area (Å²) in [5.74, 6) is -0.0434. The second-order valence-electron chi connectivity index (χ2n) is 5.66. The van der Waals surface area contributed by atoms with Gasteiger partial charge in [-0.3, -0.25) is 4.79 Å².